The molecule has 0 saturated heterocycles. The number of hydrogen-bond donors (Lipinski definition) is 2. The molecule has 1 atom stereocenters. The molecule has 2 aromatic carbocycles. The van der Waals surface area contributed by atoms with Gasteiger partial charge in [-0.25, -0.2) is 4.79 Å². The van der Waals surface area contributed by atoms with E-state index in [2.05, 4.69) is 10.5 Å². The molecule has 3 N–H and O–H groups in total. The average molecular weight is 385 g/mol. The molecule has 1 aliphatic heterocycles. The van der Waals surface area contributed by atoms with Gasteiger partial charge in [-0.15, -0.1) is 0 Å². The van der Waals surface area contributed by atoms with Crippen LogP contribution in [0.1, 0.15) is 34.0 Å². The van der Waals surface area contributed by atoms with Gasteiger partial charge in [0.25, 0.3) is 0 Å². The second kappa shape index (κ2) is 8.05. The maximum atomic E-state index is 12.5. The van der Waals surface area contributed by atoms with E-state index in [1.165, 1.54) is 14.2 Å². The first-order chi connectivity index (χ1) is 13.0. The summed E-state index contributed by atoms with van der Waals surface area (Å²) in [5, 5.41) is 4.34. The number of nitrogens with one attached hydrogen (secondary N) is 1. The van der Waals surface area contributed by atoms with E-state index in [0.29, 0.717) is 29.2 Å². The Labute approximate surface area is 162 Å². The van der Waals surface area contributed by atoms with Gasteiger partial charge in [0.2, 0.25) is 0 Å². The number of ether oxygens (including phenoxy) is 3. The van der Waals surface area contributed by atoms with E-state index in [4.69, 9.17) is 32.2 Å². The summed E-state index contributed by atoms with van der Waals surface area (Å²) in [7, 11) is 3.01. The summed E-state index contributed by atoms with van der Waals surface area (Å²) in [6.07, 6.45) is -0.173. The molecule has 0 aliphatic carbocycles. The molecule has 27 heavy (non-hydrogen) atoms. The number of hydrazone groups is 1. The highest BCUT2D eigenvalue weighted by Gasteiger charge is 2.36. The Morgan fingerprint density at radius 2 is 1.96 bits per heavy atom. The van der Waals surface area contributed by atoms with Crippen molar-refractivity contribution in [3.63, 3.8) is 0 Å². The number of nitrogens with two attached hydrogens (primary N) is 1. The van der Waals surface area contributed by atoms with Crippen LogP contribution in [0.3, 0.4) is 0 Å². The third-order valence-electron chi connectivity index (χ3n) is 4.16. The zero-order valence-corrected chi connectivity index (χ0v) is 15.7. The number of nitrogens with zero attached hydrogens (tertiary/aromatic N) is 1. The smallest absolute Gasteiger partial charge is 0.343 e. The van der Waals surface area contributed by atoms with Crippen molar-refractivity contribution in [2.75, 3.05) is 14.2 Å². The van der Waals surface area contributed by atoms with E-state index >= 15 is 0 Å². The standard InChI is InChI=1S/C19H19N3O4S/c1-24-14-9-8-12-15(26-18(23)16(12)17(14)25-2)10-13(21-22-19(20)27)11-6-4-3-5-7-11/h3-9,15H,10H2,1-2H3,(H3,20,22,27)/b21-13+/t15-/m0/s1. The normalized spacial score (nSPS) is 15.7. The van der Waals surface area contributed by atoms with Crippen molar-refractivity contribution >= 4 is 29.0 Å². The minimum Gasteiger partial charge on any atom is -0.493 e. The van der Waals surface area contributed by atoms with Crippen LogP contribution >= 0.6 is 12.2 Å². The highest BCUT2D eigenvalue weighted by Crippen LogP contribution is 2.43. The number of methoxy groups -OCH3 is 2. The Hall–Kier alpha value is -3.13. The lowest BCUT2D eigenvalue weighted by molar-refractivity contribution is 0.0398. The van der Waals surface area contributed by atoms with Crippen LogP contribution in [-0.4, -0.2) is 31.0 Å². The van der Waals surface area contributed by atoms with Gasteiger partial charge in [0.1, 0.15) is 11.7 Å². The van der Waals surface area contributed by atoms with Crippen molar-refractivity contribution in [2.45, 2.75) is 12.5 Å². The Morgan fingerprint density at radius 3 is 2.59 bits per heavy atom. The van der Waals surface area contributed by atoms with Crippen LogP contribution < -0.4 is 20.6 Å². The van der Waals surface area contributed by atoms with Crippen LogP contribution in [0.25, 0.3) is 0 Å². The summed E-state index contributed by atoms with van der Waals surface area (Å²) in [6.45, 7) is 0. The third kappa shape index (κ3) is 3.85. The fourth-order valence-corrected chi connectivity index (χ4v) is 3.03. The van der Waals surface area contributed by atoms with Crippen LogP contribution in [0.15, 0.2) is 47.6 Å². The predicted molar refractivity (Wildman–Crippen MR) is 105 cm³/mol. The monoisotopic (exact) mass is 385 g/mol. The molecule has 3 rings (SSSR count). The number of cyclic esters (lactones) is 1. The highest BCUT2D eigenvalue weighted by molar-refractivity contribution is 7.80. The Morgan fingerprint density at radius 1 is 1.22 bits per heavy atom. The summed E-state index contributed by atoms with van der Waals surface area (Å²) in [5.41, 5.74) is 10.7. The maximum absolute atomic E-state index is 12.5. The molecule has 0 fully saturated rings. The first kappa shape index (κ1) is 18.7. The number of esters is 1. The molecule has 0 radical (unpaired) electrons. The molecular formula is C19H19N3O4S. The van der Waals surface area contributed by atoms with Gasteiger partial charge in [0, 0.05) is 12.0 Å². The van der Waals surface area contributed by atoms with E-state index in [-0.39, 0.29) is 5.11 Å². The van der Waals surface area contributed by atoms with Gasteiger partial charge in [0.05, 0.1) is 19.9 Å². The second-order valence-corrected chi connectivity index (χ2v) is 6.20. The number of carbonyl (C=O) groups excluding carboxylic acids is 1. The lowest BCUT2D eigenvalue weighted by Crippen LogP contribution is -2.26. The first-order valence-electron chi connectivity index (χ1n) is 8.18. The van der Waals surface area contributed by atoms with Crippen molar-refractivity contribution in [2.24, 2.45) is 10.8 Å². The molecule has 0 spiro atoms. The summed E-state index contributed by atoms with van der Waals surface area (Å²) in [4.78, 5) is 12.5. The van der Waals surface area contributed by atoms with E-state index in [0.717, 1.165) is 11.1 Å². The largest absolute Gasteiger partial charge is 0.493 e. The van der Waals surface area contributed by atoms with Crippen LogP contribution in [-0.2, 0) is 4.74 Å². The number of carbonyl (C=O) groups is 1. The maximum Gasteiger partial charge on any atom is 0.343 e. The van der Waals surface area contributed by atoms with E-state index in [1.54, 1.807) is 12.1 Å². The van der Waals surface area contributed by atoms with Crippen LogP contribution in [0.2, 0.25) is 0 Å². The van der Waals surface area contributed by atoms with E-state index in [1.807, 2.05) is 30.3 Å². The minimum atomic E-state index is -0.514. The molecule has 0 bridgehead atoms. The number of rotatable bonds is 6. The zero-order valence-electron chi connectivity index (χ0n) is 14.9. The van der Waals surface area contributed by atoms with Crippen molar-refractivity contribution < 1.29 is 19.0 Å². The fraction of sp³-hybridized carbons (Fsp3) is 0.211. The van der Waals surface area contributed by atoms with Crippen LogP contribution in [0.4, 0.5) is 0 Å². The minimum absolute atomic E-state index is 0.0543. The van der Waals surface area contributed by atoms with Gasteiger partial charge >= 0.3 is 5.97 Å². The molecule has 0 amide bonds. The van der Waals surface area contributed by atoms with E-state index < -0.39 is 12.1 Å². The number of benzene rings is 2. The average Bonchev–Trinajstić information content (AvgIpc) is 3.00. The predicted octanol–water partition coefficient (Wildman–Crippen LogP) is 2.54. The lowest BCUT2D eigenvalue weighted by atomic mass is 9.97. The lowest BCUT2D eigenvalue weighted by Gasteiger charge is -2.14. The molecule has 1 heterocycles. The van der Waals surface area contributed by atoms with Crippen molar-refractivity contribution in [1.29, 1.82) is 0 Å². The zero-order chi connectivity index (χ0) is 19.4. The molecule has 0 aromatic heterocycles. The Bertz CT molecular complexity index is 899. The van der Waals surface area contributed by atoms with Crippen LogP contribution in [0.5, 0.6) is 11.5 Å². The van der Waals surface area contributed by atoms with Gasteiger partial charge in [-0.3, -0.25) is 5.43 Å². The summed E-state index contributed by atoms with van der Waals surface area (Å²) in [5.74, 6) is 0.378. The summed E-state index contributed by atoms with van der Waals surface area (Å²) < 4.78 is 16.2. The van der Waals surface area contributed by atoms with Gasteiger partial charge in [-0.2, -0.15) is 5.10 Å². The van der Waals surface area contributed by atoms with Crippen molar-refractivity contribution in [3.8, 4) is 11.5 Å². The quantitative estimate of drug-likeness (QED) is 0.341. The Kier molecular flexibility index (Phi) is 5.56. The fourth-order valence-electron chi connectivity index (χ4n) is 2.98. The second-order valence-electron chi connectivity index (χ2n) is 5.76. The molecule has 8 heteroatoms. The first-order valence-corrected chi connectivity index (χ1v) is 8.59. The summed E-state index contributed by atoms with van der Waals surface area (Å²) >= 11 is 4.83. The highest BCUT2D eigenvalue weighted by atomic mass is 32.1. The molecule has 2 aromatic rings. The number of thiocarbonyl (C=S) groups is 1. The molecule has 7 nitrogen and oxygen atoms in total. The molecule has 0 unspecified atom stereocenters. The van der Waals surface area contributed by atoms with Gasteiger partial charge in [-0.05, 0) is 23.8 Å². The molecule has 1 aliphatic rings. The summed E-state index contributed by atoms with van der Waals surface area (Å²) in [6, 6.07) is 13.1. The van der Waals surface area contributed by atoms with Gasteiger partial charge < -0.3 is 19.9 Å². The topological polar surface area (TPSA) is 95.2 Å². The molecule has 140 valence electrons. The number of hydrogen-bond acceptors (Lipinski definition) is 6. The van der Waals surface area contributed by atoms with Gasteiger partial charge in [-0.1, -0.05) is 36.4 Å². The van der Waals surface area contributed by atoms with E-state index in [9.17, 15) is 4.79 Å². The SMILES string of the molecule is COc1ccc2c(c1OC)C(=O)O[C@H]2C/C(=N\NC(N)=S)c1ccccc1. The van der Waals surface area contributed by atoms with Crippen molar-refractivity contribution in [3.05, 3.63) is 59.2 Å². The van der Waals surface area contributed by atoms with Crippen molar-refractivity contribution in [1.82, 2.24) is 5.43 Å². The molecule has 0 saturated carbocycles. The van der Waals surface area contributed by atoms with Crippen LogP contribution in [0, 0.1) is 0 Å². The molecular weight excluding hydrogens is 366 g/mol. The number of fused-ring (bicyclic) bond motifs is 1. The Balaban J connectivity index is 1.97. The van der Waals surface area contributed by atoms with Gasteiger partial charge in [0.15, 0.2) is 16.6 Å². The third-order valence-corrected chi connectivity index (χ3v) is 4.26.